The zero-order chi connectivity index (χ0) is 17.3. The second-order valence-electron chi connectivity index (χ2n) is 6.82. The van der Waals surface area contributed by atoms with Crippen molar-refractivity contribution in [3.63, 3.8) is 0 Å². The van der Waals surface area contributed by atoms with Crippen LogP contribution >= 0.6 is 0 Å². The summed E-state index contributed by atoms with van der Waals surface area (Å²) in [5.74, 6) is 0. The molecule has 0 heteroatoms. The van der Waals surface area contributed by atoms with Crippen LogP contribution in [0.2, 0.25) is 0 Å². The molecule has 0 amide bonds. The van der Waals surface area contributed by atoms with E-state index < -0.39 is 0 Å². The number of hydrogen-bond acceptors (Lipinski definition) is 0. The number of allylic oxidation sites excluding steroid dienone is 3. The fraction of sp³-hybridized carbons (Fsp3) is 0.304. The molecule has 2 aromatic rings. The SMILES string of the molecule is C=C(/C(C)=C(\C)c1ccc(C)cc1C)c1c(C)cc(C)cc1C. The normalized spacial score (nSPS) is 12.1. The molecule has 0 nitrogen and oxygen atoms in total. The smallest absolute Gasteiger partial charge is 0.0128 e. The Labute approximate surface area is 141 Å². The maximum atomic E-state index is 4.41. The van der Waals surface area contributed by atoms with Crippen LogP contribution in [0.25, 0.3) is 11.1 Å². The van der Waals surface area contributed by atoms with E-state index in [1.165, 1.54) is 50.1 Å². The molecule has 0 spiro atoms. The summed E-state index contributed by atoms with van der Waals surface area (Å²) in [5.41, 5.74) is 12.9. The van der Waals surface area contributed by atoms with Gasteiger partial charge in [-0.25, -0.2) is 0 Å². The summed E-state index contributed by atoms with van der Waals surface area (Å²) < 4.78 is 0. The van der Waals surface area contributed by atoms with Gasteiger partial charge in [-0.3, -0.25) is 0 Å². The van der Waals surface area contributed by atoms with Gasteiger partial charge in [-0.1, -0.05) is 48.0 Å². The number of hydrogen-bond donors (Lipinski definition) is 0. The van der Waals surface area contributed by atoms with E-state index in [-0.39, 0.29) is 0 Å². The third-order valence-electron chi connectivity index (χ3n) is 4.78. The molecule has 0 radical (unpaired) electrons. The van der Waals surface area contributed by atoms with Crippen molar-refractivity contribution in [2.24, 2.45) is 0 Å². The van der Waals surface area contributed by atoms with Crippen molar-refractivity contribution in [1.29, 1.82) is 0 Å². The van der Waals surface area contributed by atoms with Crippen molar-refractivity contribution in [2.45, 2.75) is 48.5 Å². The third-order valence-corrected chi connectivity index (χ3v) is 4.78. The van der Waals surface area contributed by atoms with E-state index in [9.17, 15) is 0 Å². The zero-order valence-electron chi connectivity index (χ0n) is 15.6. The minimum absolute atomic E-state index is 1.14. The standard InChI is InChI=1S/C23H28/c1-14-9-10-22(16(3)11-14)20(7)19(6)21(8)23-17(4)12-15(2)13-18(23)5/h9-13H,8H2,1-7H3/b20-19+. The summed E-state index contributed by atoms with van der Waals surface area (Å²) >= 11 is 0. The first-order chi connectivity index (χ1) is 10.7. The van der Waals surface area contributed by atoms with Gasteiger partial charge in [-0.15, -0.1) is 0 Å². The van der Waals surface area contributed by atoms with Gasteiger partial charge in [0.1, 0.15) is 0 Å². The molecular weight excluding hydrogens is 276 g/mol. The van der Waals surface area contributed by atoms with Crippen molar-refractivity contribution < 1.29 is 0 Å². The van der Waals surface area contributed by atoms with Gasteiger partial charge >= 0.3 is 0 Å². The maximum Gasteiger partial charge on any atom is -0.0128 e. The molecule has 0 fully saturated rings. The zero-order valence-corrected chi connectivity index (χ0v) is 15.6. The van der Waals surface area contributed by atoms with Crippen molar-refractivity contribution >= 4 is 11.1 Å². The van der Waals surface area contributed by atoms with Gasteiger partial charge in [0.15, 0.2) is 0 Å². The lowest BCUT2D eigenvalue weighted by Gasteiger charge is -2.18. The van der Waals surface area contributed by atoms with Gasteiger partial charge in [0.2, 0.25) is 0 Å². The molecule has 2 rings (SSSR count). The molecule has 23 heavy (non-hydrogen) atoms. The fourth-order valence-electron chi connectivity index (χ4n) is 3.51. The molecule has 0 bridgehead atoms. The number of rotatable bonds is 3. The van der Waals surface area contributed by atoms with E-state index in [1.54, 1.807) is 0 Å². The molecule has 0 aliphatic heterocycles. The predicted molar refractivity (Wildman–Crippen MR) is 104 cm³/mol. The molecular formula is C23H28. The largest absolute Gasteiger partial charge is 0.0909 e. The van der Waals surface area contributed by atoms with Crippen molar-refractivity contribution in [3.8, 4) is 0 Å². The Balaban J connectivity index is 2.54. The van der Waals surface area contributed by atoms with Gasteiger partial charge in [0, 0.05) is 0 Å². The van der Waals surface area contributed by atoms with E-state index in [1.807, 2.05) is 0 Å². The Kier molecular flexibility index (Phi) is 4.94. The van der Waals surface area contributed by atoms with Crippen LogP contribution in [0.5, 0.6) is 0 Å². The Morgan fingerprint density at radius 3 is 1.78 bits per heavy atom. The lowest BCUT2D eigenvalue weighted by Crippen LogP contribution is -1.97. The quantitative estimate of drug-likeness (QED) is 0.551. The van der Waals surface area contributed by atoms with Gasteiger partial charge in [-0.2, -0.15) is 0 Å². The van der Waals surface area contributed by atoms with Crippen LogP contribution in [0.15, 0.2) is 42.5 Å². The van der Waals surface area contributed by atoms with Crippen LogP contribution < -0.4 is 0 Å². The van der Waals surface area contributed by atoms with Crippen LogP contribution in [0.3, 0.4) is 0 Å². The van der Waals surface area contributed by atoms with Crippen LogP contribution in [-0.2, 0) is 0 Å². The second kappa shape index (κ2) is 6.58. The number of aryl methyl sites for hydroxylation is 5. The molecule has 0 saturated heterocycles. The maximum absolute atomic E-state index is 4.41. The Hall–Kier alpha value is -2.08. The van der Waals surface area contributed by atoms with Crippen molar-refractivity contribution in [2.75, 3.05) is 0 Å². The van der Waals surface area contributed by atoms with E-state index in [4.69, 9.17) is 0 Å². The first kappa shape index (κ1) is 17.3. The molecule has 0 atom stereocenters. The molecule has 0 aliphatic rings. The topological polar surface area (TPSA) is 0 Å². The summed E-state index contributed by atoms with van der Waals surface area (Å²) in [6, 6.07) is 11.1. The van der Waals surface area contributed by atoms with Crippen molar-refractivity contribution in [1.82, 2.24) is 0 Å². The highest BCUT2D eigenvalue weighted by Gasteiger charge is 2.12. The molecule has 120 valence electrons. The summed E-state index contributed by atoms with van der Waals surface area (Å²) in [6.07, 6.45) is 0. The first-order valence-corrected chi connectivity index (χ1v) is 8.25. The minimum Gasteiger partial charge on any atom is -0.0909 e. The summed E-state index contributed by atoms with van der Waals surface area (Å²) in [4.78, 5) is 0. The van der Waals surface area contributed by atoms with E-state index >= 15 is 0 Å². The summed E-state index contributed by atoms with van der Waals surface area (Å²) in [7, 11) is 0. The molecule has 0 unspecified atom stereocenters. The highest BCUT2D eigenvalue weighted by molar-refractivity contribution is 5.89. The van der Waals surface area contributed by atoms with Crippen LogP contribution in [0, 0.1) is 34.6 Å². The Morgan fingerprint density at radius 1 is 0.739 bits per heavy atom. The highest BCUT2D eigenvalue weighted by atomic mass is 14.2. The third kappa shape index (κ3) is 3.47. The first-order valence-electron chi connectivity index (χ1n) is 8.25. The number of benzene rings is 2. The molecule has 0 N–H and O–H groups in total. The molecule has 2 aromatic carbocycles. The van der Waals surface area contributed by atoms with E-state index in [2.05, 4.69) is 85.4 Å². The Morgan fingerprint density at radius 2 is 1.26 bits per heavy atom. The minimum atomic E-state index is 1.14. The monoisotopic (exact) mass is 304 g/mol. The highest BCUT2D eigenvalue weighted by Crippen LogP contribution is 2.33. The lowest BCUT2D eigenvalue weighted by molar-refractivity contribution is 1.28. The molecule has 0 aromatic heterocycles. The van der Waals surface area contributed by atoms with Gasteiger partial charge < -0.3 is 0 Å². The molecule has 0 aliphatic carbocycles. The Bertz CT molecular complexity index is 778. The fourth-order valence-corrected chi connectivity index (χ4v) is 3.51. The predicted octanol–water partition coefficient (Wildman–Crippen LogP) is 6.74. The van der Waals surface area contributed by atoms with E-state index in [0.29, 0.717) is 0 Å². The van der Waals surface area contributed by atoms with E-state index in [0.717, 1.165) is 5.57 Å². The molecule has 0 heterocycles. The lowest BCUT2D eigenvalue weighted by atomic mass is 9.87. The van der Waals surface area contributed by atoms with Gasteiger partial charge in [-0.05, 0) is 93.0 Å². The summed E-state index contributed by atoms with van der Waals surface area (Å²) in [5, 5.41) is 0. The van der Waals surface area contributed by atoms with Gasteiger partial charge in [0.25, 0.3) is 0 Å². The van der Waals surface area contributed by atoms with Crippen molar-refractivity contribution in [3.05, 3.63) is 81.4 Å². The van der Waals surface area contributed by atoms with Crippen LogP contribution in [0.1, 0.15) is 52.8 Å². The second-order valence-corrected chi connectivity index (χ2v) is 6.82. The van der Waals surface area contributed by atoms with Crippen LogP contribution in [-0.4, -0.2) is 0 Å². The van der Waals surface area contributed by atoms with Crippen LogP contribution in [0.4, 0.5) is 0 Å². The molecule has 0 saturated carbocycles. The summed E-state index contributed by atoms with van der Waals surface area (Å²) in [6.45, 7) is 19.6. The average molecular weight is 304 g/mol. The van der Waals surface area contributed by atoms with Gasteiger partial charge in [0.05, 0.1) is 0 Å². The average Bonchev–Trinajstić information content (AvgIpc) is 2.44.